The second-order valence-electron chi connectivity index (χ2n) is 13.0. The van der Waals surface area contributed by atoms with Crippen LogP contribution in [-0.2, 0) is 0 Å². The predicted molar refractivity (Wildman–Crippen MR) is 223 cm³/mol. The van der Waals surface area contributed by atoms with Crippen LogP contribution in [0.5, 0.6) is 0 Å². The van der Waals surface area contributed by atoms with Crippen molar-refractivity contribution in [3.63, 3.8) is 0 Å². The zero-order valence-corrected chi connectivity index (χ0v) is 29.4. The topological polar surface area (TPSA) is 9.86 Å². The first kappa shape index (κ1) is 31.3. The maximum absolute atomic E-state index is 2.42. The summed E-state index contributed by atoms with van der Waals surface area (Å²) in [7, 11) is 0. The third kappa shape index (κ3) is 5.20. The average molecular weight is 667 g/mol. The van der Waals surface area contributed by atoms with E-state index in [1.165, 1.54) is 82.7 Å². The van der Waals surface area contributed by atoms with E-state index in [-0.39, 0.29) is 0 Å². The molecule has 0 saturated carbocycles. The Morgan fingerprint density at radius 2 is 0.692 bits per heavy atom. The minimum atomic E-state index is 1.15. The smallest absolute Gasteiger partial charge is 0.0541 e. The molecule has 0 aliphatic rings. The molecule has 0 amide bonds. The van der Waals surface area contributed by atoms with Gasteiger partial charge in [-0.1, -0.05) is 147 Å². The monoisotopic (exact) mass is 666 g/mol. The normalized spacial score (nSPS) is 11.3. The largest absolute Gasteiger partial charge is 0.309 e. The van der Waals surface area contributed by atoms with E-state index in [9.17, 15) is 0 Å². The zero-order chi connectivity index (χ0) is 35.0. The van der Waals surface area contributed by atoms with Crippen molar-refractivity contribution >= 4 is 43.6 Å². The van der Waals surface area contributed by atoms with Gasteiger partial charge in [0, 0.05) is 32.9 Å². The van der Waals surface area contributed by atoms with E-state index in [0.29, 0.717) is 0 Å². The summed E-state index contributed by atoms with van der Waals surface area (Å²) in [4.78, 5) is 0. The van der Waals surface area contributed by atoms with Gasteiger partial charge in [-0.15, -0.1) is 0 Å². The molecule has 0 N–H and O–H groups in total. The fourth-order valence-electron chi connectivity index (χ4n) is 7.84. The number of aromatic nitrogens is 2. The standard InChI is InChI=1S/C48H32N2.C2H6/c1-4-14-33(15-5-1)39-27-26-38(32-42(39)34-16-6-2-7-17-34)50-46-23-13-11-21-41(46)44-31-36(25-29-48(44)50)35-24-28-47-43(30-35)40-20-10-12-22-45(40)49(47)37-18-8-3-9-19-37;1-2/h1-32H;1-2H3. The molecule has 10 aromatic rings. The molecule has 0 aliphatic carbocycles. The molecular formula is C50H38N2. The van der Waals surface area contributed by atoms with Crippen LogP contribution >= 0.6 is 0 Å². The molecule has 8 aromatic carbocycles. The highest BCUT2D eigenvalue weighted by Crippen LogP contribution is 2.40. The molecule has 2 nitrogen and oxygen atoms in total. The van der Waals surface area contributed by atoms with Crippen molar-refractivity contribution in [2.75, 3.05) is 0 Å². The first-order valence-corrected chi connectivity index (χ1v) is 18.2. The van der Waals surface area contributed by atoms with Gasteiger partial charge in [-0.2, -0.15) is 0 Å². The molecule has 0 saturated heterocycles. The second-order valence-corrected chi connectivity index (χ2v) is 13.0. The van der Waals surface area contributed by atoms with E-state index in [1.807, 2.05) is 13.8 Å². The summed E-state index contributed by atoms with van der Waals surface area (Å²) in [5, 5.41) is 5.02. The summed E-state index contributed by atoms with van der Waals surface area (Å²) in [5.74, 6) is 0. The molecule has 0 radical (unpaired) electrons. The summed E-state index contributed by atoms with van der Waals surface area (Å²) < 4.78 is 4.80. The Kier molecular flexibility index (Phi) is 7.98. The van der Waals surface area contributed by atoms with Crippen LogP contribution in [0, 0.1) is 0 Å². The van der Waals surface area contributed by atoms with Crippen LogP contribution in [0.4, 0.5) is 0 Å². The van der Waals surface area contributed by atoms with Crippen molar-refractivity contribution < 1.29 is 0 Å². The van der Waals surface area contributed by atoms with Gasteiger partial charge in [-0.25, -0.2) is 0 Å². The number of rotatable bonds is 5. The first-order chi connectivity index (χ1) is 25.8. The summed E-state index contributed by atoms with van der Waals surface area (Å²) in [6.45, 7) is 4.00. The quantitative estimate of drug-likeness (QED) is 0.173. The number of hydrogen-bond donors (Lipinski definition) is 0. The molecule has 2 heteroatoms. The van der Waals surface area contributed by atoms with Crippen LogP contribution < -0.4 is 0 Å². The maximum Gasteiger partial charge on any atom is 0.0541 e. The molecular weight excluding hydrogens is 629 g/mol. The van der Waals surface area contributed by atoms with Crippen LogP contribution in [-0.4, -0.2) is 9.13 Å². The summed E-state index contributed by atoms with van der Waals surface area (Å²) in [6, 6.07) is 70.4. The number of para-hydroxylation sites is 3. The molecule has 0 aliphatic heterocycles. The third-order valence-electron chi connectivity index (χ3n) is 10.1. The van der Waals surface area contributed by atoms with Gasteiger partial charge < -0.3 is 9.13 Å². The lowest BCUT2D eigenvalue weighted by Gasteiger charge is -2.15. The highest BCUT2D eigenvalue weighted by Gasteiger charge is 2.17. The number of hydrogen-bond acceptors (Lipinski definition) is 0. The van der Waals surface area contributed by atoms with Crippen LogP contribution in [0.25, 0.3) is 88.4 Å². The molecule has 248 valence electrons. The number of fused-ring (bicyclic) bond motifs is 6. The van der Waals surface area contributed by atoms with E-state index in [1.54, 1.807) is 0 Å². The minimum absolute atomic E-state index is 1.15. The summed E-state index contributed by atoms with van der Waals surface area (Å²) in [6.07, 6.45) is 0. The van der Waals surface area contributed by atoms with Crippen LogP contribution in [0.15, 0.2) is 194 Å². The summed E-state index contributed by atoms with van der Waals surface area (Å²) >= 11 is 0. The fraction of sp³-hybridized carbons (Fsp3) is 0.0400. The van der Waals surface area contributed by atoms with Crippen LogP contribution in [0.1, 0.15) is 13.8 Å². The van der Waals surface area contributed by atoms with Crippen LogP contribution in [0.2, 0.25) is 0 Å². The van der Waals surface area contributed by atoms with Crippen molar-refractivity contribution in [1.29, 1.82) is 0 Å². The Labute approximate surface area is 304 Å². The highest BCUT2D eigenvalue weighted by molar-refractivity contribution is 6.12. The molecule has 10 rings (SSSR count). The average Bonchev–Trinajstić information content (AvgIpc) is 3.74. The SMILES string of the molecule is CC.c1ccc(-c2ccc(-n3c4ccccc4c4cc(-c5ccc6c(c5)c5ccccc5n6-c5ccccc5)ccc43)cc2-c2ccccc2)cc1. The lowest BCUT2D eigenvalue weighted by molar-refractivity contribution is 1.18. The zero-order valence-electron chi connectivity index (χ0n) is 29.4. The van der Waals surface area contributed by atoms with Gasteiger partial charge in [0.25, 0.3) is 0 Å². The lowest BCUT2D eigenvalue weighted by Crippen LogP contribution is -1.96. The molecule has 2 aromatic heterocycles. The van der Waals surface area contributed by atoms with E-state index >= 15 is 0 Å². The maximum atomic E-state index is 2.42. The molecule has 0 fully saturated rings. The molecule has 2 heterocycles. The van der Waals surface area contributed by atoms with E-state index in [2.05, 4.69) is 203 Å². The van der Waals surface area contributed by atoms with Gasteiger partial charge in [0.05, 0.1) is 22.1 Å². The number of nitrogens with zero attached hydrogens (tertiary/aromatic N) is 2. The van der Waals surface area contributed by atoms with Crippen LogP contribution in [0.3, 0.4) is 0 Å². The lowest BCUT2D eigenvalue weighted by atomic mass is 9.94. The van der Waals surface area contributed by atoms with E-state index in [0.717, 1.165) is 5.69 Å². The molecule has 0 bridgehead atoms. The third-order valence-corrected chi connectivity index (χ3v) is 10.1. The Balaban J connectivity index is 0.00000177. The number of benzene rings is 8. The van der Waals surface area contributed by atoms with Gasteiger partial charge in [0.15, 0.2) is 0 Å². The minimum Gasteiger partial charge on any atom is -0.309 e. The van der Waals surface area contributed by atoms with Crippen molar-refractivity contribution in [1.82, 2.24) is 9.13 Å². The van der Waals surface area contributed by atoms with Gasteiger partial charge in [0.2, 0.25) is 0 Å². The first-order valence-electron chi connectivity index (χ1n) is 18.2. The predicted octanol–water partition coefficient (Wildman–Crippen LogP) is 13.9. The van der Waals surface area contributed by atoms with Crippen molar-refractivity contribution in [2.45, 2.75) is 13.8 Å². The molecule has 0 unspecified atom stereocenters. The van der Waals surface area contributed by atoms with Crippen molar-refractivity contribution in [3.8, 4) is 44.8 Å². The van der Waals surface area contributed by atoms with E-state index in [4.69, 9.17) is 0 Å². The second kappa shape index (κ2) is 13.2. The fourth-order valence-corrected chi connectivity index (χ4v) is 7.84. The Morgan fingerprint density at radius 3 is 1.23 bits per heavy atom. The molecule has 0 atom stereocenters. The van der Waals surface area contributed by atoms with Gasteiger partial charge in [-0.05, 0) is 94.0 Å². The molecule has 52 heavy (non-hydrogen) atoms. The van der Waals surface area contributed by atoms with Crippen molar-refractivity contribution in [2.24, 2.45) is 0 Å². The highest BCUT2D eigenvalue weighted by atomic mass is 15.0. The van der Waals surface area contributed by atoms with Crippen molar-refractivity contribution in [3.05, 3.63) is 194 Å². The molecule has 0 spiro atoms. The Bertz CT molecular complexity index is 2840. The Hall–Kier alpha value is -6.64. The van der Waals surface area contributed by atoms with Gasteiger partial charge >= 0.3 is 0 Å². The van der Waals surface area contributed by atoms with E-state index < -0.39 is 0 Å². The van der Waals surface area contributed by atoms with Gasteiger partial charge in [-0.3, -0.25) is 0 Å². The summed E-state index contributed by atoms with van der Waals surface area (Å²) in [5.41, 5.74) is 14.5. The van der Waals surface area contributed by atoms with Gasteiger partial charge in [0.1, 0.15) is 0 Å². The Morgan fingerprint density at radius 1 is 0.269 bits per heavy atom.